The van der Waals surface area contributed by atoms with Crippen LogP contribution in [-0.2, 0) is 0 Å². The Morgan fingerprint density at radius 3 is 2.55 bits per heavy atom. The van der Waals surface area contributed by atoms with Crippen LogP contribution in [0.15, 0.2) is 12.1 Å². The monoisotopic (exact) mass is 276 g/mol. The van der Waals surface area contributed by atoms with Gasteiger partial charge in [-0.05, 0) is 55.1 Å². The molecule has 106 valence electrons. The van der Waals surface area contributed by atoms with Gasteiger partial charge in [0.25, 0.3) is 0 Å². The molecule has 1 aromatic carbocycles. The molecule has 0 aromatic heterocycles. The van der Waals surface area contributed by atoms with Gasteiger partial charge in [-0.3, -0.25) is 0 Å². The van der Waals surface area contributed by atoms with E-state index in [1.54, 1.807) is 0 Å². The van der Waals surface area contributed by atoms with Crippen LogP contribution in [0.3, 0.4) is 0 Å². The van der Waals surface area contributed by atoms with Gasteiger partial charge in [0.1, 0.15) is 5.82 Å². The maximum Gasteiger partial charge on any atom is 0.337 e. The summed E-state index contributed by atoms with van der Waals surface area (Å²) in [5.41, 5.74) is 5.74. The van der Waals surface area contributed by atoms with Crippen molar-refractivity contribution in [1.29, 1.82) is 0 Å². The van der Waals surface area contributed by atoms with Gasteiger partial charge in [0.15, 0.2) is 0 Å². The van der Waals surface area contributed by atoms with Crippen LogP contribution in [0, 0.1) is 29.5 Å². The van der Waals surface area contributed by atoms with E-state index < -0.39 is 11.8 Å². The molecular weight excluding hydrogens is 259 g/mol. The van der Waals surface area contributed by atoms with Crippen molar-refractivity contribution in [3.8, 4) is 0 Å². The zero-order valence-electron chi connectivity index (χ0n) is 11.0. The highest BCUT2D eigenvalue weighted by atomic mass is 19.1. The number of aromatic carboxylic acids is 1. The largest absolute Gasteiger partial charge is 0.478 e. The van der Waals surface area contributed by atoms with Gasteiger partial charge in [-0.25, -0.2) is 9.18 Å². The van der Waals surface area contributed by atoms with Crippen LogP contribution in [0.2, 0.25) is 0 Å². The molecule has 2 bridgehead atoms. The van der Waals surface area contributed by atoms with Crippen LogP contribution in [0.5, 0.6) is 0 Å². The minimum Gasteiger partial charge on any atom is -0.478 e. The Bertz CT molecular complexity index is 588. The fourth-order valence-electron chi connectivity index (χ4n) is 4.58. The molecule has 3 fully saturated rings. The van der Waals surface area contributed by atoms with E-state index in [4.69, 9.17) is 10.8 Å². The first-order valence-corrected chi connectivity index (χ1v) is 7.15. The van der Waals surface area contributed by atoms with Gasteiger partial charge in [0, 0.05) is 11.7 Å². The topological polar surface area (TPSA) is 75.3 Å². The van der Waals surface area contributed by atoms with E-state index in [9.17, 15) is 9.18 Å². The summed E-state index contributed by atoms with van der Waals surface area (Å²) in [7, 11) is 0. The number of rotatable bonds is 3. The van der Waals surface area contributed by atoms with Crippen LogP contribution in [0.1, 0.15) is 29.6 Å². The molecule has 0 spiro atoms. The molecule has 4 atom stereocenters. The first-order chi connectivity index (χ1) is 9.56. The van der Waals surface area contributed by atoms with Gasteiger partial charge in [0.05, 0.1) is 11.3 Å². The first-order valence-electron chi connectivity index (χ1n) is 7.15. The van der Waals surface area contributed by atoms with Crippen molar-refractivity contribution in [2.45, 2.75) is 25.3 Å². The Labute approximate surface area is 116 Å². The molecule has 5 heteroatoms. The van der Waals surface area contributed by atoms with E-state index in [2.05, 4.69) is 5.32 Å². The number of benzene rings is 1. The molecule has 3 aliphatic carbocycles. The quantitative estimate of drug-likeness (QED) is 0.742. The van der Waals surface area contributed by atoms with Crippen molar-refractivity contribution in [3.05, 3.63) is 23.5 Å². The van der Waals surface area contributed by atoms with Gasteiger partial charge in [-0.15, -0.1) is 0 Å². The summed E-state index contributed by atoms with van der Waals surface area (Å²) in [5, 5.41) is 12.3. The first kappa shape index (κ1) is 12.0. The fourth-order valence-corrected chi connectivity index (χ4v) is 4.58. The summed E-state index contributed by atoms with van der Waals surface area (Å²) < 4.78 is 13.9. The van der Waals surface area contributed by atoms with Gasteiger partial charge in [-0.1, -0.05) is 0 Å². The lowest BCUT2D eigenvalue weighted by atomic mass is 10.0. The van der Waals surface area contributed by atoms with Crippen molar-refractivity contribution in [2.75, 3.05) is 11.1 Å². The third-order valence-corrected chi connectivity index (χ3v) is 5.43. The van der Waals surface area contributed by atoms with E-state index in [1.165, 1.54) is 25.3 Å². The Kier molecular flexibility index (Phi) is 2.32. The highest BCUT2D eigenvalue weighted by Crippen LogP contribution is 2.66. The summed E-state index contributed by atoms with van der Waals surface area (Å²) in [5.74, 6) is 1.32. The highest BCUT2D eigenvalue weighted by Gasteiger charge is 2.65. The zero-order chi connectivity index (χ0) is 14.0. The number of carboxylic acid groups (broad SMARTS) is 1. The summed E-state index contributed by atoms with van der Waals surface area (Å²) in [6.45, 7) is 0. The Hall–Kier alpha value is -1.78. The minimum atomic E-state index is -1.12. The number of fused-ring (bicyclic) bond motifs is 5. The lowest BCUT2D eigenvalue weighted by Gasteiger charge is -2.14. The van der Waals surface area contributed by atoms with Crippen LogP contribution in [0.25, 0.3) is 0 Å². The second-order valence-corrected chi connectivity index (χ2v) is 6.38. The van der Waals surface area contributed by atoms with Crippen LogP contribution in [0.4, 0.5) is 15.8 Å². The second-order valence-electron chi connectivity index (χ2n) is 6.38. The number of carbonyl (C=O) groups is 1. The average molecular weight is 276 g/mol. The lowest BCUT2D eigenvalue weighted by Crippen LogP contribution is -2.15. The third kappa shape index (κ3) is 1.55. The molecule has 20 heavy (non-hydrogen) atoms. The van der Waals surface area contributed by atoms with Crippen LogP contribution < -0.4 is 11.1 Å². The molecule has 4 N–H and O–H groups in total. The van der Waals surface area contributed by atoms with Crippen LogP contribution >= 0.6 is 0 Å². The average Bonchev–Trinajstić information content (AvgIpc) is 2.79. The molecule has 0 saturated heterocycles. The standard InChI is InChI=1S/C15H17FN2O2/c16-9-5-10(17)8(15(19)20)4-11(9)18-14-12-6-1-2-7(3-6)13(12)14/h4-7,12-14,18H,1-3,17H2,(H,19,20). The van der Waals surface area contributed by atoms with Crippen molar-refractivity contribution < 1.29 is 14.3 Å². The van der Waals surface area contributed by atoms with Gasteiger partial charge in [-0.2, -0.15) is 0 Å². The number of carboxylic acids is 1. The number of hydrogen-bond acceptors (Lipinski definition) is 3. The summed E-state index contributed by atoms with van der Waals surface area (Å²) in [6.07, 6.45) is 3.93. The van der Waals surface area contributed by atoms with E-state index in [-0.39, 0.29) is 16.9 Å². The van der Waals surface area contributed by atoms with Gasteiger partial charge >= 0.3 is 5.97 Å². The van der Waals surface area contributed by atoms with Gasteiger partial charge < -0.3 is 16.2 Å². The van der Waals surface area contributed by atoms with E-state index >= 15 is 0 Å². The molecule has 0 heterocycles. The Morgan fingerprint density at radius 2 is 1.95 bits per heavy atom. The zero-order valence-corrected chi connectivity index (χ0v) is 11.0. The Morgan fingerprint density at radius 1 is 1.30 bits per heavy atom. The maximum atomic E-state index is 13.9. The maximum absolute atomic E-state index is 13.9. The van der Waals surface area contributed by atoms with Crippen LogP contribution in [-0.4, -0.2) is 17.1 Å². The number of nitrogen functional groups attached to an aromatic ring is 1. The summed E-state index contributed by atoms with van der Waals surface area (Å²) >= 11 is 0. The predicted molar refractivity (Wildman–Crippen MR) is 73.0 cm³/mol. The van der Waals surface area contributed by atoms with Crippen molar-refractivity contribution >= 4 is 17.3 Å². The number of nitrogens with two attached hydrogens (primary N) is 1. The smallest absolute Gasteiger partial charge is 0.337 e. The van der Waals surface area contributed by atoms with E-state index in [0.29, 0.717) is 17.9 Å². The molecule has 1 aromatic rings. The molecule has 0 aliphatic heterocycles. The van der Waals surface area contributed by atoms with E-state index in [0.717, 1.165) is 17.9 Å². The minimum absolute atomic E-state index is 0.0309. The SMILES string of the molecule is Nc1cc(F)c(NC2C3C4CCC(C4)C23)cc1C(=O)O. The molecular formula is C15H17FN2O2. The summed E-state index contributed by atoms with van der Waals surface area (Å²) in [6, 6.07) is 2.74. The fraction of sp³-hybridized carbons (Fsp3) is 0.533. The highest BCUT2D eigenvalue weighted by molar-refractivity contribution is 5.94. The van der Waals surface area contributed by atoms with Gasteiger partial charge in [0.2, 0.25) is 0 Å². The lowest BCUT2D eigenvalue weighted by molar-refractivity contribution is 0.0698. The molecule has 3 saturated carbocycles. The molecule has 3 aliphatic rings. The third-order valence-electron chi connectivity index (χ3n) is 5.43. The normalized spacial score (nSPS) is 36.8. The molecule has 0 radical (unpaired) electrons. The second kappa shape index (κ2) is 3.87. The molecule has 4 rings (SSSR count). The molecule has 4 nitrogen and oxygen atoms in total. The number of halogens is 1. The van der Waals surface area contributed by atoms with Crippen molar-refractivity contribution in [1.82, 2.24) is 0 Å². The summed E-state index contributed by atoms with van der Waals surface area (Å²) in [4.78, 5) is 11.1. The molecule has 4 unspecified atom stereocenters. The van der Waals surface area contributed by atoms with Crippen molar-refractivity contribution in [3.63, 3.8) is 0 Å². The number of hydrogen-bond donors (Lipinski definition) is 3. The number of anilines is 2. The van der Waals surface area contributed by atoms with E-state index in [1.807, 2.05) is 0 Å². The number of nitrogens with one attached hydrogen (secondary N) is 1. The molecule has 0 amide bonds. The Balaban J connectivity index is 1.58. The van der Waals surface area contributed by atoms with Crippen molar-refractivity contribution in [2.24, 2.45) is 23.7 Å². The predicted octanol–water partition coefficient (Wildman–Crippen LogP) is 2.56.